The van der Waals surface area contributed by atoms with Crippen LogP contribution in [0.3, 0.4) is 0 Å². The summed E-state index contributed by atoms with van der Waals surface area (Å²) in [5.41, 5.74) is 1.07. The van der Waals surface area contributed by atoms with Gasteiger partial charge >= 0.3 is 0 Å². The molecule has 1 aromatic rings. The zero-order chi connectivity index (χ0) is 10.4. The normalized spacial score (nSPS) is 12.1. The van der Waals surface area contributed by atoms with E-state index in [0.717, 1.165) is 12.0 Å². The Morgan fingerprint density at radius 1 is 1.43 bits per heavy atom. The van der Waals surface area contributed by atoms with Crippen molar-refractivity contribution >= 4 is 0 Å². The molecule has 0 heterocycles. The summed E-state index contributed by atoms with van der Waals surface area (Å²) in [4.78, 5) is 0. The molecule has 0 saturated heterocycles. The molecule has 0 fully saturated rings. The summed E-state index contributed by atoms with van der Waals surface area (Å²) >= 11 is 0. The first-order valence-corrected chi connectivity index (χ1v) is 4.70. The van der Waals surface area contributed by atoms with E-state index in [4.69, 9.17) is 6.42 Å². The summed E-state index contributed by atoms with van der Waals surface area (Å²) in [6, 6.07) is 6.72. The van der Waals surface area contributed by atoms with Crippen LogP contribution in [0, 0.1) is 18.2 Å². The lowest BCUT2D eigenvalue weighted by molar-refractivity contribution is 0.553. The van der Waals surface area contributed by atoms with E-state index in [1.807, 2.05) is 0 Å². The Morgan fingerprint density at radius 3 is 2.57 bits per heavy atom. The lowest BCUT2D eigenvalue weighted by Gasteiger charge is -2.15. The SMILES string of the molecule is C#CCNC(CC)c1ccc(F)cc1. The van der Waals surface area contributed by atoms with E-state index < -0.39 is 0 Å². The molecule has 1 atom stereocenters. The van der Waals surface area contributed by atoms with Crippen molar-refractivity contribution in [2.75, 3.05) is 6.54 Å². The summed E-state index contributed by atoms with van der Waals surface area (Å²) in [7, 11) is 0. The zero-order valence-corrected chi connectivity index (χ0v) is 8.26. The number of hydrogen-bond acceptors (Lipinski definition) is 1. The molecule has 1 rings (SSSR count). The fourth-order valence-electron chi connectivity index (χ4n) is 1.38. The number of hydrogen-bond donors (Lipinski definition) is 1. The molecule has 0 saturated carbocycles. The minimum absolute atomic E-state index is 0.208. The maximum atomic E-state index is 12.7. The van der Waals surface area contributed by atoms with Crippen molar-refractivity contribution in [3.8, 4) is 12.3 Å². The molecule has 2 heteroatoms. The van der Waals surface area contributed by atoms with Crippen LogP contribution in [0.15, 0.2) is 24.3 Å². The Kier molecular flexibility index (Phi) is 4.15. The Balaban J connectivity index is 2.69. The first kappa shape index (κ1) is 10.7. The van der Waals surface area contributed by atoms with Crippen LogP contribution in [0.2, 0.25) is 0 Å². The smallest absolute Gasteiger partial charge is 0.123 e. The number of rotatable bonds is 4. The predicted molar refractivity (Wildman–Crippen MR) is 56.3 cm³/mol. The van der Waals surface area contributed by atoms with Crippen molar-refractivity contribution in [3.63, 3.8) is 0 Å². The van der Waals surface area contributed by atoms with E-state index in [9.17, 15) is 4.39 Å². The third kappa shape index (κ3) is 2.86. The van der Waals surface area contributed by atoms with E-state index >= 15 is 0 Å². The molecule has 1 unspecified atom stereocenters. The summed E-state index contributed by atoms with van der Waals surface area (Å²) in [5, 5.41) is 3.20. The van der Waals surface area contributed by atoms with E-state index in [1.54, 1.807) is 12.1 Å². The molecule has 0 spiro atoms. The highest BCUT2D eigenvalue weighted by molar-refractivity contribution is 5.20. The number of benzene rings is 1. The number of terminal acetylenes is 1. The van der Waals surface area contributed by atoms with Gasteiger partial charge in [0.1, 0.15) is 5.82 Å². The predicted octanol–water partition coefficient (Wildman–Crippen LogP) is 2.50. The zero-order valence-electron chi connectivity index (χ0n) is 8.26. The van der Waals surface area contributed by atoms with Gasteiger partial charge in [-0.2, -0.15) is 0 Å². The minimum Gasteiger partial charge on any atom is -0.299 e. The molecule has 1 aromatic carbocycles. The van der Waals surface area contributed by atoms with Gasteiger partial charge in [-0.25, -0.2) is 4.39 Å². The standard InChI is InChI=1S/C12H14FN/c1-3-9-14-12(4-2)10-5-7-11(13)8-6-10/h1,5-8,12,14H,4,9H2,2H3. The van der Waals surface area contributed by atoms with Crippen molar-refractivity contribution in [1.82, 2.24) is 5.32 Å². The van der Waals surface area contributed by atoms with E-state index in [0.29, 0.717) is 6.54 Å². The summed E-state index contributed by atoms with van der Waals surface area (Å²) in [6.45, 7) is 2.60. The van der Waals surface area contributed by atoms with Gasteiger partial charge in [0.25, 0.3) is 0 Å². The van der Waals surface area contributed by atoms with Crippen molar-refractivity contribution in [3.05, 3.63) is 35.6 Å². The average molecular weight is 191 g/mol. The minimum atomic E-state index is -0.208. The van der Waals surface area contributed by atoms with Gasteiger partial charge in [0.2, 0.25) is 0 Å². The topological polar surface area (TPSA) is 12.0 Å². The molecule has 0 bridgehead atoms. The monoisotopic (exact) mass is 191 g/mol. The second-order valence-corrected chi connectivity index (χ2v) is 3.10. The highest BCUT2D eigenvalue weighted by Gasteiger charge is 2.06. The van der Waals surface area contributed by atoms with Crippen LogP contribution in [0.4, 0.5) is 4.39 Å². The first-order chi connectivity index (χ1) is 6.77. The molecule has 0 aliphatic rings. The maximum Gasteiger partial charge on any atom is 0.123 e. The highest BCUT2D eigenvalue weighted by Crippen LogP contribution is 2.16. The van der Waals surface area contributed by atoms with Gasteiger partial charge in [0.15, 0.2) is 0 Å². The average Bonchev–Trinajstić information content (AvgIpc) is 2.21. The van der Waals surface area contributed by atoms with Crippen LogP contribution in [0.25, 0.3) is 0 Å². The molecule has 74 valence electrons. The molecule has 0 aromatic heterocycles. The van der Waals surface area contributed by atoms with E-state index in [-0.39, 0.29) is 11.9 Å². The number of nitrogens with one attached hydrogen (secondary N) is 1. The van der Waals surface area contributed by atoms with Gasteiger partial charge in [-0.05, 0) is 24.1 Å². The van der Waals surface area contributed by atoms with Crippen LogP contribution < -0.4 is 5.32 Å². The molecule has 1 nitrogen and oxygen atoms in total. The molecule has 0 radical (unpaired) electrons. The van der Waals surface area contributed by atoms with Crippen molar-refractivity contribution in [2.45, 2.75) is 19.4 Å². The maximum absolute atomic E-state index is 12.7. The van der Waals surface area contributed by atoms with Crippen molar-refractivity contribution in [1.29, 1.82) is 0 Å². The molecule has 0 amide bonds. The Hall–Kier alpha value is -1.33. The molecular formula is C12H14FN. The van der Waals surface area contributed by atoms with Gasteiger partial charge in [-0.3, -0.25) is 5.32 Å². The summed E-state index contributed by atoms with van der Waals surface area (Å²) in [5.74, 6) is 2.32. The second-order valence-electron chi connectivity index (χ2n) is 3.10. The van der Waals surface area contributed by atoms with Crippen molar-refractivity contribution in [2.24, 2.45) is 0 Å². The fourth-order valence-corrected chi connectivity index (χ4v) is 1.38. The van der Waals surface area contributed by atoms with Crippen LogP contribution in [-0.4, -0.2) is 6.54 Å². The Morgan fingerprint density at radius 2 is 2.07 bits per heavy atom. The number of halogens is 1. The Bertz CT molecular complexity index is 310. The summed E-state index contributed by atoms with van der Waals surface area (Å²) in [6.07, 6.45) is 6.10. The molecule has 1 N–H and O–H groups in total. The van der Waals surface area contributed by atoms with Gasteiger partial charge < -0.3 is 0 Å². The Labute approximate surface area is 84.3 Å². The van der Waals surface area contributed by atoms with Gasteiger partial charge in [0, 0.05) is 6.04 Å². The van der Waals surface area contributed by atoms with Crippen LogP contribution in [0.5, 0.6) is 0 Å². The molecule has 0 aliphatic heterocycles. The van der Waals surface area contributed by atoms with Gasteiger partial charge in [-0.1, -0.05) is 25.0 Å². The lowest BCUT2D eigenvalue weighted by Crippen LogP contribution is -2.20. The third-order valence-corrected chi connectivity index (χ3v) is 2.13. The lowest BCUT2D eigenvalue weighted by atomic mass is 10.0. The molecular weight excluding hydrogens is 177 g/mol. The quantitative estimate of drug-likeness (QED) is 0.721. The van der Waals surface area contributed by atoms with Crippen LogP contribution in [-0.2, 0) is 0 Å². The fraction of sp³-hybridized carbons (Fsp3) is 0.333. The van der Waals surface area contributed by atoms with E-state index in [1.165, 1.54) is 12.1 Å². The molecule has 0 aliphatic carbocycles. The third-order valence-electron chi connectivity index (χ3n) is 2.13. The first-order valence-electron chi connectivity index (χ1n) is 4.70. The second kappa shape index (κ2) is 5.41. The van der Waals surface area contributed by atoms with Crippen LogP contribution >= 0.6 is 0 Å². The summed E-state index contributed by atoms with van der Waals surface area (Å²) < 4.78 is 12.7. The van der Waals surface area contributed by atoms with Gasteiger partial charge in [-0.15, -0.1) is 6.42 Å². The molecule has 14 heavy (non-hydrogen) atoms. The van der Waals surface area contributed by atoms with Crippen LogP contribution in [0.1, 0.15) is 24.9 Å². The van der Waals surface area contributed by atoms with Gasteiger partial charge in [0.05, 0.1) is 6.54 Å². The van der Waals surface area contributed by atoms with E-state index in [2.05, 4.69) is 18.2 Å². The van der Waals surface area contributed by atoms with Crippen molar-refractivity contribution < 1.29 is 4.39 Å². The largest absolute Gasteiger partial charge is 0.299 e. The highest BCUT2D eigenvalue weighted by atomic mass is 19.1.